The number of hydrogen-bond acceptors (Lipinski definition) is 4. The van der Waals surface area contributed by atoms with Crippen LogP contribution in [0.4, 0.5) is 0 Å². The molecule has 0 saturated carbocycles. The highest BCUT2D eigenvalue weighted by molar-refractivity contribution is 6.41. The zero-order valence-corrected chi connectivity index (χ0v) is 15.7. The molecule has 26 heavy (non-hydrogen) atoms. The first-order chi connectivity index (χ1) is 12.5. The van der Waals surface area contributed by atoms with Crippen LogP contribution in [0.3, 0.4) is 0 Å². The molecular formula is C19H18Cl2N2O3. The van der Waals surface area contributed by atoms with Crippen LogP contribution in [0.2, 0.25) is 10.2 Å². The lowest BCUT2D eigenvalue weighted by Gasteiger charge is -2.27. The van der Waals surface area contributed by atoms with Gasteiger partial charge < -0.3 is 10.1 Å². The molecule has 0 bridgehead atoms. The summed E-state index contributed by atoms with van der Waals surface area (Å²) < 4.78 is 5.23. The van der Waals surface area contributed by atoms with Crippen LogP contribution in [0, 0.1) is 0 Å². The van der Waals surface area contributed by atoms with Crippen molar-refractivity contribution < 1.29 is 14.3 Å². The van der Waals surface area contributed by atoms with Gasteiger partial charge in [-0.2, -0.15) is 0 Å². The van der Waals surface area contributed by atoms with Crippen molar-refractivity contribution in [3.05, 3.63) is 63.4 Å². The number of rotatable bonds is 4. The molecule has 1 N–H and O–H groups in total. The summed E-state index contributed by atoms with van der Waals surface area (Å²) in [5, 5.41) is 3.23. The molecule has 0 radical (unpaired) electrons. The van der Waals surface area contributed by atoms with Crippen molar-refractivity contribution in [2.24, 2.45) is 0 Å². The van der Waals surface area contributed by atoms with Gasteiger partial charge in [-0.1, -0.05) is 47.5 Å². The number of halogens is 2. The molecule has 1 aromatic carbocycles. The van der Waals surface area contributed by atoms with Gasteiger partial charge in [0, 0.05) is 6.20 Å². The summed E-state index contributed by atoms with van der Waals surface area (Å²) in [4.78, 5) is 28.4. The number of aromatic nitrogens is 1. The molecule has 7 heteroatoms. The van der Waals surface area contributed by atoms with Crippen LogP contribution >= 0.6 is 23.2 Å². The highest BCUT2D eigenvalue weighted by atomic mass is 35.5. The van der Waals surface area contributed by atoms with Crippen molar-refractivity contribution in [2.45, 2.75) is 38.3 Å². The summed E-state index contributed by atoms with van der Waals surface area (Å²) in [5.74, 6) is -1.02. The Morgan fingerprint density at radius 2 is 2.08 bits per heavy atom. The predicted molar refractivity (Wildman–Crippen MR) is 99.4 cm³/mol. The molecule has 0 fully saturated rings. The summed E-state index contributed by atoms with van der Waals surface area (Å²) in [6.45, 7) is 1.53. The number of esters is 1. The SMILES string of the molecule is C[C@@H](OC(=O)c1cnc(Cl)c(Cl)c1)C(=O)N[C@H]1CCCc2ccccc21. The third-order valence-corrected chi connectivity index (χ3v) is 5.06. The molecule has 0 aliphatic heterocycles. The van der Waals surface area contributed by atoms with Crippen molar-refractivity contribution in [3.8, 4) is 0 Å². The summed E-state index contributed by atoms with van der Waals surface area (Å²) in [5.41, 5.74) is 2.51. The van der Waals surface area contributed by atoms with Gasteiger partial charge in [-0.25, -0.2) is 9.78 Å². The number of ether oxygens (including phenoxy) is 1. The number of pyridine rings is 1. The minimum atomic E-state index is -0.939. The van der Waals surface area contributed by atoms with E-state index in [9.17, 15) is 9.59 Å². The first kappa shape index (κ1) is 18.7. The van der Waals surface area contributed by atoms with Gasteiger partial charge in [0.25, 0.3) is 5.91 Å². The maximum absolute atomic E-state index is 12.5. The maximum atomic E-state index is 12.5. The fraction of sp³-hybridized carbons (Fsp3) is 0.316. The number of amides is 1. The smallest absolute Gasteiger partial charge is 0.340 e. The summed E-state index contributed by atoms with van der Waals surface area (Å²) in [7, 11) is 0. The number of fused-ring (bicyclic) bond motifs is 1. The van der Waals surface area contributed by atoms with E-state index in [0.717, 1.165) is 24.8 Å². The summed E-state index contributed by atoms with van der Waals surface area (Å²) >= 11 is 11.6. The molecule has 136 valence electrons. The maximum Gasteiger partial charge on any atom is 0.340 e. The van der Waals surface area contributed by atoms with Gasteiger partial charge in [0.1, 0.15) is 5.15 Å². The normalized spacial score (nSPS) is 17.1. The fourth-order valence-electron chi connectivity index (χ4n) is 3.01. The van der Waals surface area contributed by atoms with E-state index in [0.29, 0.717) is 0 Å². The Kier molecular flexibility index (Phi) is 5.79. The molecule has 1 amide bonds. The third kappa shape index (κ3) is 4.17. The Bertz CT molecular complexity index is 841. The van der Waals surface area contributed by atoms with Gasteiger partial charge in [0.15, 0.2) is 6.10 Å². The van der Waals surface area contributed by atoms with Crippen molar-refractivity contribution in [3.63, 3.8) is 0 Å². The van der Waals surface area contributed by atoms with Crippen molar-refractivity contribution in [1.29, 1.82) is 0 Å². The molecule has 1 aliphatic carbocycles. The number of aryl methyl sites for hydroxylation is 1. The van der Waals surface area contributed by atoms with E-state index in [4.69, 9.17) is 27.9 Å². The Morgan fingerprint density at radius 1 is 1.31 bits per heavy atom. The van der Waals surface area contributed by atoms with Crippen LogP contribution in [0.25, 0.3) is 0 Å². The van der Waals surface area contributed by atoms with Crippen LogP contribution < -0.4 is 5.32 Å². The number of carbonyl (C=O) groups excluding carboxylic acids is 2. The van der Waals surface area contributed by atoms with Gasteiger partial charge in [-0.3, -0.25) is 4.79 Å². The average molecular weight is 393 g/mol. The minimum Gasteiger partial charge on any atom is -0.449 e. The largest absolute Gasteiger partial charge is 0.449 e. The molecule has 2 atom stereocenters. The highest BCUT2D eigenvalue weighted by Gasteiger charge is 2.25. The molecule has 0 saturated heterocycles. The molecule has 0 spiro atoms. The van der Waals surface area contributed by atoms with Crippen LogP contribution in [0.5, 0.6) is 0 Å². The number of nitrogens with one attached hydrogen (secondary N) is 1. The number of hydrogen-bond donors (Lipinski definition) is 1. The van der Waals surface area contributed by atoms with E-state index in [1.807, 2.05) is 18.2 Å². The quantitative estimate of drug-likeness (QED) is 0.627. The molecule has 1 heterocycles. The Hall–Kier alpha value is -2.11. The molecule has 1 aromatic heterocycles. The van der Waals surface area contributed by atoms with Crippen LogP contribution in [-0.4, -0.2) is 23.0 Å². The van der Waals surface area contributed by atoms with Gasteiger partial charge in [0.2, 0.25) is 0 Å². The van der Waals surface area contributed by atoms with E-state index in [1.165, 1.54) is 24.8 Å². The van der Waals surface area contributed by atoms with Gasteiger partial charge in [-0.05, 0) is 43.4 Å². The molecule has 2 aromatic rings. The Labute approximate surface area is 161 Å². The van der Waals surface area contributed by atoms with Crippen molar-refractivity contribution in [1.82, 2.24) is 10.3 Å². The van der Waals surface area contributed by atoms with E-state index >= 15 is 0 Å². The molecule has 3 rings (SSSR count). The molecule has 1 aliphatic rings. The summed E-state index contributed by atoms with van der Waals surface area (Å²) in [6, 6.07) is 9.36. The van der Waals surface area contributed by atoms with Gasteiger partial charge in [-0.15, -0.1) is 0 Å². The lowest BCUT2D eigenvalue weighted by atomic mass is 9.87. The van der Waals surface area contributed by atoms with E-state index in [1.54, 1.807) is 0 Å². The van der Waals surface area contributed by atoms with Gasteiger partial charge in [0.05, 0.1) is 16.6 Å². The Morgan fingerprint density at radius 3 is 2.85 bits per heavy atom. The first-order valence-electron chi connectivity index (χ1n) is 8.36. The monoisotopic (exact) mass is 392 g/mol. The van der Waals surface area contributed by atoms with Gasteiger partial charge >= 0.3 is 5.97 Å². The lowest BCUT2D eigenvalue weighted by Crippen LogP contribution is -2.39. The highest BCUT2D eigenvalue weighted by Crippen LogP contribution is 2.29. The van der Waals surface area contributed by atoms with Crippen molar-refractivity contribution in [2.75, 3.05) is 0 Å². The first-order valence-corrected chi connectivity index (χ1v) is 9.11. The van der Waals surface area contributed by atoms with E-state index in [2.05, 4.69) is 16.4 Å². The Balaban J connectivity index is 1.63. The fourth-order valence-corrected chi connectivity index (χ4v) is 3.28. The zero-order valence-electron chi connectivity index (χ0n) is 14.2. The second-order valence-electron chi connectivity index (χ2n) is 6.20. The summed E-state index contributed by atoms with van der Waals surface area (Å²) in [6.07, 6.45) is 3.20. The second kappa shape index (κ2) is 8.06. The molecule has 5 nitrogen and oxygen atoms in total. The van der Waals surface area contributed by atoms with E-state index < -0.39 is 12.1 Å². The number of nitrogens with zero attached hydrogens (tertiary/aromatic N) is 1. The third-order valence-electron chi connectivity index (χ3n) is 4.37. The van der Waals surface area contributed by atoms with Crippen LogP contribution in [-0.2, 0) is 16.0 Å². The molecule has 0 unspecified atom stereocenters. The second-order valence-corrected chi connectivity index (χ2v) is 6.96. The number of benzene rings is 1. The van der Waals surface area contributed by atoms with Crippen LogP contribution in [0.1, 0.15) is 47.3 Å². The van der Waals surface area contributed by atoms with Crippen LogP contribution in [0.15, 0.2) is 36.5 Å². The molecular weight excluding hydrogens is 375 g/mol. The lowest BCUT2D eigenvalue weighted by molar-refractivity contribution is -0.130. The average Bonchev–Trinajstić information content (AvgIpc) is 2.64. The zero-order chi connectivity index (χ0) is 18.7. The number of carbonyl (C=O) groups is 2. The van der Waals surface area contributed by atoms with E-state index in [-0.39, 0.29) is 27.7 Å². The van der Waals surface area contributed by atoms with Crippen molar-refractivity contribution >= 4 is 35.1 Å². The standard InChI is InChI=1S/C19H18Cl2N2O3/c1-11(26-19(25)13-9-15(20)17(21)22-10-13)18(24)23-16-8-4-6-12-5-2-3-7-14(12)16/h2-3,5,7,9-11,16H,4,6,8H2,1H3,(H,23,24)/t11-,16+/m1/s1. The topological polar surface area (TPSA) is 68.3 Å². The predicted octanol–water partition coefficient (Wildman–Crippen LogP) is 4.13. The minimum absolute atomic E-state index is 0.0692.